The predicted molar refractivity (Wildman–Crippen MR) is 62.4 cm³/mol. The van der Waals surface area contributed by atoms with Crippen molar-refractivity contribution >= 4 is 11.6 Å². The van der Waals surface area contributed by atoms with Gasteiger partial charge in [-0.15, -0.1) is 0 Å². The molecule has 0 fully saturated rings. The van der Waals surface area contributed by atoms with Crippen LogP contribution >= 0.6 is 0 Å². The number of phenols is 1. The van der Waals surface area contributed by atoms with Crippen molar-refractivity contribution in [3.63, 3.8) is 0 Å². The van der Waals surface area contributed by atoms with E-state index in [1.54, 1.807) is 19.2 Å². The lowest BCUT2D eigenvalue weighted by Gasteiger charge is -2.10. The molecule has 16 heavy (non-hydrogen) atoms. The number of hydrogen-bond donors (Lipinski definition) is 2. The lowest BCUT2D eigenvalue weighted by Crippen LogP contribution is -2.17. The minimum atomic E-state index is -0.0461. The Morgan fingerprint density at radius 1 is 1.44 bits per heavy atom. The number of aromatic hydroxyl groups is 1. The largest absolute Gasteiger partial charge is 0.508 e. The third-order valence-electron chi connectivity index (χ3n) is 2.14. The van der Waals surface area contributed by atoms with Crippen LogP contribution in [0.4, 0.5) is 5.69 Å². The van der Waals surface area contributed by atoms with Gasteiger partial charge in [-0.05, 0) is 30.2 Å². The summed E-state index contributed by atoms with van der Waals surface area (Å²) < 4.78 is 4.96. The van der Waals surface area contributed by atoms with Crippen molar-refractivity contribution in [2.75, 3.05) is 19.0 Å². The van der Waals surface area contributed by atoms with Gasteiger partial charge in [-0.25, -0.2) is 0 Å². The first kappa shape index (κ1) is 12.5. The fourth-order valence-electron chi connectivity index (χ4n) is 1.42. The molecule has 0 heterocycles. The van der Waals surface area contributed by atoms with Crippen LogP contribution in [0.1, 0.15) is 13.3 Å². The molecule has 4 heteroatoms. The molecule has 0 aliphatic carbocycles. The molecule has 1 rings (SSSR count). The molecule has 88 valence electrons. The van der Waals surface area contributed by atoms with Gasteiger partial charge < -0.3 is 15.2 Å². The van der Waals surface area contributed by atoms with Gasteiger partial charge in [0.15, 0.2) is 0 Å². The number of amides is 1. The Kier molecular flexibility index (Phi) is 4.79. The van der Waals surface area contributed by atoms with E-state index in [-0.39, 0.29) is 17.6 Å². The summed E-state index contributed by atoms with van der Waals surface area (Å²) in [5, 5.41) is 11.8. The van der Waals surface area contributed by atoms with Crippen LogP contribution in [0, 0.1) is 5.92 Å². The first-order valence-electron chi connectivity index (χ1n) is 5.19. The van der Waals surface area contributed by atoms with E-state index >= 15 is 0 Å². The highest BCUT2D eigenvalue weighted by molar-refractivity contribution is 5.90. The first-order valence-corrected chi connectivity index (χ1v) is 5.19. The van der Waals surface area contributed by atoms with Crippen LogP contribution in [0.25, 0.3) is 0 Å². The van der Waals surface area contributed by atoms with Gasteiger partial charge >= 0.3 is 0 Å². The van der Waals surface area contributed by atoms with Crippen LogP contribution in [-0.2, 0) is 9.53 Å². The molecule has 1 unspecified atom stereocenters. The number of rotatable bonds is 5. The van der Waals surface area contributed by atoms with Gasteiger partial charge in [0, 0.05) is 25.8 Å². The molecule has 0 saturated heterocycles. The fraction of sp³-hybridized carbons (Fsp3) is 0.417. The van der Waals surface area contributed by atoms with Crippen LogP contribution in [0.5, 0.6) is 5.75 Å². The maximum atomic E-state index is 11.6. The van der Waals surface area contributed by atoms with Gasteiger partial charge in [0.2, 0.25) is 5.91 Å². The third-order valence-corrected chi connectivity index (χ3v) is 2.14. The Balaban J connectivity index is 2.42. The quantitative estimate of drug-likeness (QED) is 0.751. The minimum absolute atomic E-state index is 0.0461. The molecule has 4 nitrogen and oxygen atoms in total. The van der Waals surface area contributed by atoms with E-state index in [0.29, 0.717) is 18.7 Å². The number of ether oxygens (including phenoxy) is 1. The predicted octanol–water partition coefficient (Wildman–Crippen LogP) is 2.00. The zero-order valence-corrected chi connectivity index (χ0v) is 9.56. The van der Waals surface area contributed by atoms with E-state index in [2.05, 4.69) is 5.32 Å². The Morgan fingerprint density at radius 3 is 2.62 bits per heavy atom. The van der Waals surface area contributed by atoms with Crippen molar-refractivity contribution in [2.45, 2.75) is 13.3 Å². The van der Waals surface area contributed by atoms with E-state index in [1.165, 1.54) is 12.1 Å². The number of anilines is 1. The Hall–Kier alpha value is -1.55. The summed E-state index contributed by atoms with van der Waals surface area (Å²) in [6, 6.07) is 6.39. The summed E-state index contributed by atoms with van der Waals surface area (Å²) in [5.41, 5.74) is 0.687. The Morgan fingerprint density at radius 2 is 2.06 bits per heavy atom. The second-order valence-corrected chi connectivity index (χ2v) is 3.86. The van der Waals surface area contributed by atoms with Gasteiger partial charge in [-0.2, -0.15) is 0 Å². The fourth-order valence-corrected chi connectivity index (χ4v) is 1.42. The number of phenolic OH excluding ortho intramolecular Hbond substituents is 1. The van der Waals surface area contributed by atoms with Gasteiger partial charge in [-0.3, -0.25) is 4.79 Å². The van der Waals surface area contributed by atoms with Crippen molar-refractivity contribution in [3.05, 3.63) is 24.3 Å². The molecule has 0 aromatic heterocycles. The van der Waals surface area contributed by atoms with Crippen LogP contribution in [0.2, 0.25) is 0 Å². The average Bonchev–Trinajstić information content (AvgIpc) is 2.21. The topological polar surface area (TPSA) is 58.6 Å². The van der Waals surface area contributed by atoms with Crippen molar-refractivity contribution in [1.29, 1.82) is 0 Å². The standard InChI is InChI=1S/C12H17NO3/c1-9(8-16-2)7-12(15)13-10-3-5-11(14)6-4-10/h3-6,9,14H,7-8H2,1-2H3,(H,13,15). The van der Waals surface area contributed by atoms with Gasteiger partial charge in [0.05, 0.1) is 0 Å². The molecule has 0 bridgehead atoms. The van der Waals surface area contributed by atoms with Crippen LogP contribution in [0.3, 0.4) is 0 Å². The normalized spacial score (nSPS) is 12.1. The molecule has 0 spiro atoms. The summed E-state index contributed by atoms with van der Waals surface area (Å²) in [7, 11) is 1.62. The number of carbonyl (C=O) groups is 1. The van der Waals surface area contributed by atoms with Crippen molar-refractivity contribution in [2.24, 2.45) is 5.92 Å². The number of nitrogens with one attached hydrogen (secondary N) is 1. The van der Waals surface area contributed by atoms with Crippen LogP contribution in [0.15, 0.2) is 24.3 Å². The number of benzene rings is 1. The molecular formula is C12H17NO3. The van der Waals surface area contributed by atoms with Crippen molar-refractivity contribution in [1.82, 2.24) is 0 Å². The molecule has 0 aliphatic rings. The Bertz CT molecular complexity index is 335. The van der Waals surface area contributed by atoms with E-state index in [4.69, 9.17) is 9.84 Å². The summed E-state index contributed by atoms with van der Waals surface area (Å²) in [6.45, 7) is 2.53. The van der Waals surface area contributed by atoms with Gasteiger partial charge in [-0.1, -0.05) is 6.92 Å². The second kappa shape index (κ2) is 6.12. The average molecular weight is 223 g/mol. The Labute approximate surface area is 95.2 Å². The third kappa shape index (κ3) is 4.31. The van der Waals surface area contributed by atoms with Crippen LogP contribution < -0.4 is 5.32 Å². The van der Waals surface area contributed by atoms with Crippen molar-refractivity contribution in [3.8, 4) is 5.75 Å². The summed E-state index contributed by atoms with van der Waals surface area (Å²) in [5.74, 6) is 0.336. The highest BCUT2D eigenvalue weighted by atomic mass is 16.5. The van der Waals surface area contributed by atoms with Gasteiger partial charge in [0.25, 0.3) is 0 Å². The van der Waals surface area contributed by atoms with Crippen LogP contribution in [-0.4, -0.2) is 24.7 Å². The lowest BCUT2D eigenvalue weighted by atomic mass is 10.1. The molecule has 0 radical (unpaired) electrons. The van der Waals surface area contributed by atoms with E-state index in [9.17, 15) is 4.79 Å². The SMILES string of the molecule is COCC(C)CC(=O)Nc1ccc(O)cc1. The monoisotopic (exact) mass is 223 g/mol. The summed E-state index contributed by atoms with van der Waals surface area (Å²) in [6.07, 6.45) is 0.425. The maximum absolute atomic E-state index is 11.6. The summed E-state index contributed by atoms with van der Waals surface area (Å²) >= 11 is 0. The highest BCUT2D eigenvalue weighted by Gasteiger charge is 2.08. The molecule has 0 aliphatic heterocycles. The zero-order chi connectivity index (χ0) is 12.0. The number of hydrogen-bond acceptors (Lipinski definition) is 3. The zero-order valence-electron chi connectivity index (χ0n) is 9.56. The lowest BCUT2D eigenvalue weighted by molar-refractivity contribution is -0.117. The number of methoxy groups -OCH3 is 1. The minimum Gasteiger partial charge on any atom is -0.508 e. The molecule has 1 aromatic carbocycles. The highest BCUT2D eigenvalue weighted by Crippen LogP contribution is 2.14. The van der Waals surface area contributed by atoms with Crippen molar-refractivity contribution < 1.29 is 14.6 Å². The van der Waals surface area contributed by atoms with E-state index in [0.717, 1.165) is 0 Å². The van der Waals surface area contributed by atoms with E-state index < -0.39 is 0 Å². The molecule has 1 aromatic rings. The molecule has 0 saturated carbocycles. The number of carbonyl (C=O) groups excluding carboxylic acids is 1. The summed E-state index contributed by atoms with van der Waals surface area (Å²) in [4.78, 5) is 11.6. The molecular weight excluding hydrogens is 206 g/mol. The maximum Gasteiger partial charge on any atom is 0.224 e. The molecule has 2 N–H and O–H groups in total. The van der Waals surface area contributed by atoms with Gasteiger partial charge in [0.1, 0.15) is 5.75 Å². The smallest absolute Gasteiger partial charge is 0.224 e. The molecule has 1 atom stereocenters. The first-order chi connectivity index (χ1) is 7.61. The second-order valence-electron chi connectivity index (χ2n) is 3.86. The van der Waals surface area contributed by atoms with E-state index in [1.807, 2.05) is 6.92 Å². The molecule has 1 amide bonds.